The number of halogens is 1. The maximum Gasteiger partial charge on any atom is 0.140 e. The highest BCUT2D eigenvalue weighted by Crippen LogP contribution is 2.42. The summed E-state index contributed by atoms with van der Waals surface area (Å²) in [6.07, 6.45) is 19.0. The molecule has 0 radical (unpaired) electrons. The highest BCUT2D eigenvalue weighted by atomic mass is 19.1. The quantitative estimate of drug-likeness (QED) is 0.108. The Hall–Kier alpha value is -4.28. The zero-order chi connectivity index (χ0) is 31.5. The van der Waals surface area contributed by atoms with Crippen molar-refractivity contribution >= 4 is 0 Å². The second kappa shape index (κ2) is 15.6. The van der Waals surface area contributed by atoms with Gasteiger partial charge in [0.15, 0.2) is 0 Å². The van der Waals surface area contributed by atoms with Crippen LogP contribution in [0.1, 0.15) is 61.2 Å². The van der Waals surface area contributed by atoms with E-state index in [1.807, 2.05) is 74.9 Å². The minimum Gasteiger partial charge on any atom is -0.361 e. The Kier molecular flexibility index (Phi) is 11.2. The van der Waals surface area contributed by atoms with Gasteiger partial charge in [-0.3, -0.25) is 4.90 Å². The fourth-order valence-electron chi connectivity index (χ4n) is 6.13. The van der Waals surface area contributed by atoms with E-state index in [1.165, 1.54) is 6.07 Å². The molecule has 0 N–H and O–H groups in total. The van der Waals surface area contributed by atoms with E-state index in [4.69, 9.17) is 15.9 Å². The van der Waals surface area contributed by atoms with Crippen molar-refractivity contribution in [2.75, 3.05) is 13.7 Å². The summed E-state index contributed by atoms with van der Waals surface area (Å²) in [5.74, 6) is 2.66. The molecule has 45 heavy (non-hydrogen) atoms. The predicted octanol–water partition coefficient (Wildman–Crippen LogP) is 8.21. The number of terminal acetylenes is 1. The molecule has 0 saturated carbocycles. The smallest absolute Gasteiger partial charge is 0.140 e. The van der Waals surface area contributed by atoms with Crippen LogP contribution in [0.3, 0.4) is 0 Å². The van der Waals surface area contributed by atoms with Gasteiger partial charge in [0.2, 0.25) is 0 Å². The van der Waals surface area contributed by atoms with Crippen LogP contribution < -0.4 is 0 Å². The molecule has 1 unspecified atom stereocenters. The van der Waals surface area contributed by atoms with Crippen molar-refractivity contribution < 1.29 is 13.9 Å². The Balaban J connectivity index is 1.26. The molecule has 1 aliphatic heterocycles. The third-order valence-electron chi connectivity index (χ3n) is 8.20. The molecule has 232 valence electrons. The minimum absolute atomic E-state index is 0.0654. The highest BCUT2D eigenvalue weighted by Gasteiger charge is 2.39. The van der Waals surface area contributed by atoms with Crippen molar-refractivity contribution in [3.8, 4) is 12.3 Å². The standard InChI is InChI=1S/C39H42FN3O2/c1-4-6-16-32(14-5-2)39(33-17-9-7-10-18-33,34-19-11-8-12-20-34)44-25-24-37-22-23-38(45-37)43-29-36(41-30-43)28-42(3)27-31-15-13-21-35(40)26-31/h2,4,6-13,15-21,26,29-30,37-38H,14,22-25,27-28H2,1,3H3/b6-4-,32-16+/t37?,38-/m1/s1. The van der Waals surface area contributed by atoms with E-state index in [1.54, 1.807) is 12.1 Å². The molecular weight excluding hydrogens is 561 g/mol. The molecule has 6 heteroatoms. The van der Waals surface area contributed by atoms with Crippen LogP contribution in [0, 0.1) is 18.2 Å². The van der Waals surface area contributed by atoms with Gasteiger partial charge in [-0.05, 0) is 67.6 Å². The number of aromatic nitrogens is 2. The van der Waals surface area contributed by atoms with Crippen LogP contribution in [-0.4, -0.2) is 34.2 Å². The zero-order valence-electron chi connectivity index (χ0n) is 26.2. The van der Waals surface area contributed by atoms with E-state index in [-0.39, 0.29) is 18.1 Å². The number of imidazole rings is 1. The van der Waals surface area contributed by atoms with Crippen LogP contribution in [0.4, 0.5) is 4.39 Å². The second-order valence-corrected chi connectivity index (χ2v) is 11.6. The summed E-state index contributed by atoms with van der Waals surface area (Å²) in [5, 5.41) is 0. The van der Waals surface area contributed by atoms with Crippen LogP contribution in [0.2, 0.25) is 0 Å². The van der Waals surface area contributed by atoms with Crippen LogP contribution >= 0.6 is 0 Å². The fourth-order valence-corrected chi connectivity index (χ4v) is 6.13. The van der Waals surface area contributed by atoms with Gasteiger partial charge in [0.05, 0.1) is 24.7 Å². The van der Waals surface area contributed by atoms with Crippen LogP contribution in [0.5, 0.6) is 0 Å². The number of hydrogen-bond donors (Lipinski definition) is 0. The Morgan fingerprint density at radius 1 is 1.07 bits per heavy atom. The summed E-state index contributed by atoms with van der Waals surface area (Å²) < 4.78 is 29.1. The topological polar surface area (TPSA) is 39.5 Å². The van der Waals surface area contributed by atoms with E-state index in [0.717, 1.165) is 47.2 Å². The highest BCUT2D eigenvalue weighted by molar-refractivity contribution is 5.47. The molecule has 5 nitrogen and oxygen atoms in total. The maximum absolute atomic E-state index is 13.6. The lowest BCUT2D eigenvalue weighted by Crippen LogP contribution is -2.35. The third-order valence-corrected chi connectivity index (χ3v) is 8.20. The first kappa shape index (κ1) is 32.1. The maximum atomic E-state index is 13.6. The van der Waals surface area contributed by atoms with Crippen LogP contribution in [0.25, 0.3) is 0 Å². The number of nitrogens with zero attached hydrogens (tertiary/aromatic N) is 3. The van der Waals surface area contributed by atoms with Gasteiger partial charge < -0.3 is 14.0 Å². The van der Waals surface area contributed by atoms with Gasteiger partial charge in [0, 0.05) is 25.7 Å². The first-order chi connectivity index (χ1) is 22.0. The van der Waals surface area contributed by atoms with Gasteiger partial charge in [-0.2, -0.15) is 0 Å². The van der Waals surface area contributed by atoms with Crippen molar-refractivity contribution in [1.82, 2.24) is 14.5 Å². The summed E-state index contributed by atoms with van der Waals surface area (Å²) in [7, 11) is 2.01. The first-order valence-electron chi connectivity index (χ1n) is 15.6. The molecule has 0 spiro atoms. The van der Waals surface area contributed by atoms with Crippen molar-refractivity contribution in [3.05, 3.63) is 149 Å². The lowest BCUT2D eigenvalue weighted by atomic mass is 9.78. The molecule has 0 bridgehead atoms. The Morgan fingerprint density at radius 3 is 2.47 bits per heavy atom. The van der Waals surface area contributed by atoms with Gasteiger partial charge in [-0.25, -0.2) is 9.37 Å². The van der Waals surface area contributed by atoms with Crippen molar-refractivity contribution in [1.29, 1.82) is 0 Å². The van der Waals surface area contributed by atoms with Gasteiger partial charge in [0.25, 0.3) is 0 Å². The predicted molar refractivity (Wildman–Crippen MR) is 178 cm³/mol. The normalized spacial score (nSPS) is 17.3. The number of ether oxygens (including phenoxy) is 2. The summed E-state index contributed by atoms with van der Waals surface area (Å²) >= 11 is 0. The lowest BCUT2D eigenvalue weighted by molar-refractivity contribution is -0.0395. The molecule has 2 heterocycles. The molecule has 4 aromatic rings. The Bertz CT molecular complexity index is 1570. The molecule has 1 aliphatic rings. The Labute approximate surface area is 267 Å². The van der Waals surface area contributed by atoms with Crippen molar-refractivity contribution in [3.63, 3.8) is 0 Å². The van der Waals surface area contributed by atoms with Crippen molar-refractivity contribution in [2.45, 2.75) is 63.6 Å². The van der Waals surface area contributed by atoms with Gasteiger partial charge >= 0.3 is 0 Å². The minimum atomic E-state index is -0.830. The number of rotatable bonds is 14. The van der Waals surface area contributed by atoms with E-state index >= 15 is 0 Å². The van der Waals surface area contributed by atoms with Crippen molar-refractivity contribution in [2.24, 2.45) is 0 Å². The number of benzene rings is 3. The molecular formula is C39H42FN3O2. The fraction of sp³-hybridized carbons (Fsp3) is 0.308. The summed E-state index contributed by atoms with van der Waals surface area (Å²) in [6.45, 7) is 3.81. The molecule has 3 aromatic carbocycles. The van der Waals surface area contributed by atoms with E-state index < -0.39 is 5.60 Å². The molecule has 5 rings (SSSR count). The molecule has 1 saturated heterocycles. The number of allylic oxidation sites excluding steroid dienone is 3. The Morgan fingerprint density at radius 2 is 1.80 bits per heavy atom. The largest absolute Gasteiger partial charge is 0.361 e. The zero-order valence-corrected chi connectivity index (χ0v) is 26.2. The average molecular weight is 604 g/mol. The van der Waals surface area contributed by atoms with E-state index in [0.29, 0.717) is 26.1 Å². The van der Waals surface area contributed by atoms with Crippen LogP contribution in [-0.2, 0) is 28.2 Å². The molecule has 2 atom stereocenters. The molecule has 0 aliphatic carbocycles. The van der Waals surface area contributed by atoms with Gasteiger partial charge in [-0.1, -0.05) is 91.0 Å². The summed E-state index contributed by atoms with van der Waals surface area (Å²) in [6, 6.07) is 27.4. The summed E-state index contributed by atoms with van der Waals surface area (Å²) in [4.78, 5) is 6.75. The number of hydrogen-bond acceptors (Lipinski definition) is 4. The van der Waals surface area contributed by atoms with E-state index in [2.05, 4.69) is 56.9 Å². The average Bonchev–Trinajstić information content (AvgIpc) is 3.72. The first-order valence-corrected chi connectivity index (χ1v) is 15.6. The van der Waals surface area contributed by atoms with Gasteiger partial charge in [0.1, 0.15) is 17.6 Å². The SMILES string of the molecule is C#CC/C(=C\C=C/C)C(OCCC1CC[C@H](n2cnc(CN(C)Cc3cccc(F)c3)c2)O1)(c1ccccc1)c1ccccc1. The molecule has 1 aromatic heterocycles. The third kappa shape index (κ3) is 8.06. The van der Waals surface area contributed by atoms with E-state index in [9.17, 15) is 4.39 Å². The monoisotopic (exact) mass is 603 g/mol. The van der Waals surface area contributed by atoms with Gasteiger partial charge in [-0.15, -0.1) is 12.3 Å². The molecule has 0 amide bonds. The molecule has 1 fully saturated rings. The second-order valence-electron chi connectivity index (χ2n) is 11.6. The summed E-state index contributed by atoms with van der Waals surface area (Å²) in [5.41, 5.74) is 4.16. The lowest BCUT2D eigenvalue weighted by Gasteiger charge is -2.37. The van der Waals surface area contributed by atoms with Crippen LogP contribution in [0.15, 0.2) is 121 Å².